The molecule has 2 fully saturated rings. The molecular formula is C8H9ClO4. The number of ketones is 1. The lowest BCUT2D eigenvalue weighted by molar-refractivity contribution is -0.122. The van der Waals surface area contributed by atoms with E-state index in [1.165, 1.54) is 0 Å². The van der Waals surface area contributed by atoms with Gasteiger partial charge in [-0.2, -0.15) is 0 Å². The lowest BCUT2D eigenvalue weighted by Crippen LogP contribution is -2.23. The van der Waals surface area contributed by atoms with Gasteiger partial charge in [0.25, 0.3) is 0 Å². The van der Waals surface area contributed by atoms with Crippen LogP contribution in [0.3, 0.4) is 0 Å². The van der Waals surface area contributed by atoms with Crippen LogP contribution in [-0.4, -0.2) is 28.5 Å². The number of Topliss-reactive ketones (excluding diaryl/α,β-unsaturated/α-hetero) is 1. The normalized spacial score (nSPS) is 42.4. The van der Waals surface area contributed by atoms with Crippen molar-refractivity contribution in [1.82, 2.24) is 0 Å². The highest BCUT2D eigenvalue weighted by atomic mass is 35.5. The van der Waals surface area contributed by atoms with Crippen LogP contribution in [0.15, 0.2) is 0 Å². The number of carbonyl (C=O) groups is 2. The Morgan fingerprint density at radius 2 is 2.31 bits per heavy atom. The first kappa shape index (κ1) is 8.81. The Balaban J connectivity index is 2.13. The summed E-state index contributed by atoms with van der Waals surface area (Å²) in [7, 11) is 0. The van der Waals surface area contributed by atoms with E-state index < -0.39 is 12.3 Å². The molecule has 2 aliphatic rings. The number of halogens is 1. The van der Waals surface area contributed by atoms with E-state index in [1.54, 1.807) is 0 Å². The summed E-state index contributed by atoms with van der Waals surface area (Å²) in [4.78, 5) is 21.6. The van der Waals surface area contributed by atoms with Gasteiger partial charge in [-0.1, -0.05) is 0 Å². The fourth-order valence-corrected chi connectivity index (χ4v) is 2.71. The summed E-state index contributed by atoms with van der Waals surface area (Å²) in [5, 5.41) is 8.33. The van der Waals surface area contributed by atoms with Crippen molar-refractivity contribution in [3.63, 3.8) is 0 Å². The summed E-state index contributed by atoms with van der Waals surface area (Å²) >= 11 is 5.93. The average Bonchev–Trinajstić information content (AvgIpc) is 2.43. The molecule has 4 nitrogen and oxygen atoms in total. The average molecular weight is 205 g/mol. The molecule has 0 radical (unpaired) electrons. The van der Waals surface area contributed by atoms with Gasteiger partial charge in [0.2, 0.25) is 0 Å². The monoisotopic (exact) mass is 204 g/mol. The van der Waals surface area contributed by atoms with Crippen molar-refractivity contribution >= 4 is 23.5 Å². The Bertz CT molecular complexity index is 265. The molecule has 1 N–H and O–H groups in total. The molecule has 4 unspecified atom stereocenters. The maximum Gasteiger partial charge on any atom is 0.506 e. The molecule has 2 aliphatic carbocycles. The third-order valence-corrected chi connectivity index (χ3v) is 3.35. The van der Waals surface area contributed by atoms with Gasteiger partial charge in [-0.25, -0.2) is 4.79 Å². The molecule has 2 bridgehead atoms. The number of ether oxygens (including phenoxy) is 1. The number of hydrogen-bond acceptors (Lipinski definition) is 3. The van der Waals surface area contributed by atoms with E-state index in [9.17, 15) is 9.59 Å². The zero-order valence-corrected chi connectivity index (χ0v) is 7.53. The predicted octanol–water partition coefficient (Wildman–Crippen LogP) is 1.27. The van der Waals surface area contributed by atoms with Crippen molar-refractivity contribution in [3.8, 4) is 0 Å². The van der Waals surface area contributed by atoms with Gasteiger partial charge in [-0.05, 0) is 6.42 Å². The summed E-state index contributed by atoms with van der Waals surface area (Å²) < 4.78 is 4.65. The minimum Gasteiger partial charge on any atom is -0.450 e. The van der Waals surface area contributed by atoms with Gasteiger partial charge in [-0.15, -0.1) is 11.6 Å². The highest BCUT2D eigenvalue weighted by molar-refractivity contribution is 6.21. The van der Waals surface area contributed by atoms with E-state index in [0.29, 0.717) is 12.8 Å². The minimum absolute atomic E-state index is 0.0909. The lowest BCUT2D eigenvalue weighted by Gasteiger charge is -2.14. The van der Waals surface area contributed by atoms with Crippen LogP contribution >= 0.6 is 11.6 Å². The zero-order chi connectivity index (χ0) is 9.59. The van der Waals surface area contributed by atoms with Gasteiger partial charge < -0.3 is 9.84 Å². The SMILES string of the molecule is O=C(O)OC1C2CC(Cl)C1CC2=O. The molecule has 72 valence electrons. The van der Waals surface area contributed by atoms with Crippen molar-refractivity contribution in [1.29, 1.82) is 0 Å². The van der Waals surface area contributed by atoms with E-state index in [2.05, 4.69) is 4.74 Å². The largest absolute Gasteiger partial charge is 0.506 e. The Morgan fingerprint density at radius 1 is 1.62 bits per heavy atom. The number of rotatable bonds is 1. The molecule has 0 heterocycles. The molecule has 4 atom stereocenters. The van der Waals surface area contributed by atoms with E-state index in [-0.39, 0.29) is 23.0 Å². The predicted molar refractivity (Wildman–Crippen MR) is 43.8 cm³/mol. The first-order chi connectivity index (χ1) is 6.09. The fraction of sp³-hybridized carbons (Fsp3) is 0.750. The Hall–Kier alpha value is -0.770. The summed E-state index contributed by atoms with van der Waals surface area (Å²) in [5.41, 5.74) is 0. The molecular weight excluding hydrogens is 196 g/mol. The molecule has 0 amide bonds. The van der Waals surface area contributed by atoms with E-state index in [1.807, 2.05) is 0 Å². The van der Waals surface area contributed by atoms with E-state index >= 15 is 0 Å². The second kappa shape index (κ2) is 2.87. The molecule has 5 heteroatoms. The second-order valence-corrected chi connectivity index (χ2v) is 4.10. The molecule has 0 aromatic heterocycles. The van der Waals surface area contributed by atoms with Crippen LogP contribution in [0.4, 0.5) is 4.79 Å². The number of fused-ring (bicyclic) bond motifs is 2. The van der Waals surface area contributed by atoms with Gasteiger partial charge in [0.15, 0.2) is 0 Å². The Kier molecular flexibility index (Phi) is 1.95. The zero-order valence-electron chi connectivity index (χ0n) is 6.77. The first-order valence-electron chi connectivity index (χ1n) is 4.16. The van der Waals surface area contributed by atoms with Crippen molar-refractivity contribution in [3.05, 3.63) is 0 Å². The van der Waals surface area contributed by atoms with Gasteiger partial charge in [0.1, 0.15) is 11.9 Å². The van der Waals surface area contributed by atoms with Gasteiger partial charge in [0, 0.05) is 17.7 Å². The summed E-state index contributed by atoms with van der Waals surface area (Å²) in [6.45, 7) is 0. The Labute approximate surface area is 79.8 Å². The summed E-state index contributed by atoms with van der Waals surface area (Å²) in [5.74, 6) is -0.299. The fourth-order valence-electron chi connectivity index (χ4n) is 2.28. The van der Waals surface area contributed by atoms with E-state index in [4.69, 9.17) is 16.7 Å². The van der Waals surface area contributed by atoms with Crippen LogP contribution in [0.1, 0.15) is 12.8 Å². The maximum atomic E-state index is 11.2. The molecule has 0 aliphatic heterocycles. The molecule has 0 spiro atoms. The molecule has 0 aromatic rings. The van der Waals surface area contributed by atoms with Crippen molar-refractivity contribution < 1.29 is 19.4 Å². The van der Waals surface area contributed by atoms with Crippen LogP contribution in [0.2, 0.25) is 0 Å². The lowest BCUT2D eigenvalue weighted by atomic mass is 9.99. The topological polar surface area (TPSA) is 63.6 Å². The molecule has 0 aromatic carbocycles. The first-order valence-corrected chi connectivity index (χ1v) is 4.59. The van der Waals surface area contributed by atoms with Crippen molar-refractivity contribution in [2.24, 2.45) is 11.8 Å². The highest BCUT2D eigenvalue weighted by Gasteiger charge is 2.54. The van der Waals surface area contributed by atoms with Crippen LogP contribution in [0, 0.1) is 11.8 Å². The quantitative estimate of drug-likeness (QED) is 0.516. The minimum atomic E-state index is -1.32. The van der Waals surface area contributed by atoms with Gasteiger partial charge >= 0.3 is 6.16 Å². The second-order valence-electron chi connectivity index (χ2n) is 3.54. The maximum absolute atomic E-state index is 11.2. The number of carboxylic acid groups (broad SMARTS) is 1. The number of hydrogen-bond donors (Lipinski definition) is 1. The summed E-state index contributed by atoms with van der Waals surface area (Å²) in [6.07, 6.45) is -0.882. The Morgan fingerprint density at radius 3 is 2.77 bits per heavy atom. The standard InChI is InChI=1S/C8H9ClO4/c9-5-1-4-6(10)2-3(5)7(4)13-8(11)12/h3-5,7H,1-2H2,(H,11,12). The number of carbonyl (C=O) groups excluding carboxylic acids is 1. The third kappa shape index (κ3) is 1.29. The highest BCUT2D eigenvalue weighted by Crippen LogP contribution is 2.46. The smallest absolute Gasteiger partial charge is 0.450 e. The third-order valence-electron chi connectivity index (χ3n) is 2.85. The van der Waals surface area contributed by atoms with E-state index in [0.717, 1.165) is 0 Å². The molecule has 13 heavy (non-hydrogen) atoms. The van der Waals surface area contributed by atoms with Gasteiger partial charge in [0.05, 0.1) is 5.92 Å². The van der Waals surface area contributed by atoms with Gasteiger partial charge in [-0.3, -0.25) is 4.79 Å². The molecule has 0 saturated heterocycles. The van der Waals surface area contributed by atoms with Crippen LogP contribution < -0.4 is 0 Å². The van der Waals surface area contributed by atoms with Crippen LogP contribution in [-0.2, 0) is 9.53 Å². The summed E-state index contributed by atoms with van der Waals surface area (Å²) in [6, 6.07) is 0. The van der Waals surface area contributed by atoms with Crippen molar-refractivity contribution in [2.45, 2.75) is 24.3 Å². The van der Waals surface area contributed by atoms with Crippen LogP contribution in [0.25, 0.3) is 0 Å². The molecule has 2 saturated carbocycles. The van der Waals surface area contributed by atoms with Crippen molar-refractivity contribution in [2.75, 3.05) is 0 Å². The number of alkyl halides is 1. The van der Waals surface area contributed by atoms with Crippen LogP contribution in [0.5, 0.6) is 0 Å². The molecule has 2 rings (SSSR count).